The average molecular weight is 359 g/mol. The summed E-state index contributed by atoms with van der Waals surface area (Å²) in [5, 5.41) is 29.8. The van der Waals surface area contributed by atoms with Crippen molar-refractivity contribution in [2.24, 2.45) is 5.92 Å². The molecule has 0 aliphatic rings. The number of hydrogen-bond donors (Lipinski definition) is 3. The Morgan fingerprint density at radius 3 is 2.23 bits per heavy atom. The Hall–Kier alpha value is -1.84. The molecule has 0 fully saturated rings. The highest BCUT2D eigenvalue weighted by molar-refractivity contribution is 5.58. The second-order valence-corrected chi connectivity index (χ2v) is 7.24. The molecular formula is C23H34O3. The maximum atomic E-state index is 10.6. The largest absolute Gasteiger partial charge is 0.507 e. The quantitative estimate of drug-likeness (QED) is 0.540. The number of rotatable bonds is 9. The first-order valence-electron chi connectivity index (χ1n) is 9.39. The summed E-state index contributed by atoms with van der Waals surface area (Å²) in [6.45, 7) is 13.9. The Morgan fingerprint density at radius 2 is 1.77 bits per heavy atom. The lowest BCUT2D eigenvalue weighted by Gasteiger charge is -2.20. The van der Waals surface area contributed by atoms with Crippen molar-refractivity contribution in [1.29, 1.82) is 0 Å². The molecule has 0 aliphatic heterocycles. The normalized spacial score (nSPS) is 14.0. The van der Waals surface area contributed by atoms with E-state index in [0.29, 0.717) is 12.2 Å². The Bertz CT molecular complexity index is 658. The fraction of sp³-hybridized carbons (Fsp3) is 0.478. The van der Waals surface area contributed by atoms with E-state index >= 15 is 0 Å². The predicted octanol–water partition coefficient (Wildman–Crippen LogP) is 5.07. The number of aryl methyl sites for hydroxylation is 2. The van der Waals surface area contributed by atoms with Crippen molar-refractivity contribution in [3.8, 4) is 5.75 Å². The highest BCUT2D eigenvalue weighted by atomic mass is 16.3. The molecule has 1 unspecified atom stereocenters. The van der Waals surface area contributed by atoms with Gasteiger partial charge in [-0.1, -0.05) is 45.1 Å². The van der Waals surface area contributed by atoms with Crippen LogP contribution in [0.3, 0.4) is 0 Å². The van der Waals surface area contributed by atoms with Crippen LogP contribution in [0.15, 0.2) is 41.5 Å². The van der Waals surface area contributed by atoms with Gasteiger partial charge < -0.3 is 15.3 Å². The minimum absolute atomic E-state index is 0.0966. The number of phenolic OH excluding ortho intramolecular Hbond substituents is 1. The van der Waals surface area contributed by atoms with Gasteiger partial charge in [-0.25, -0.2) is 0 Å². The Morgan fingerprint density at radius 1 is 1.19 bits per heavy atom. The van der Waals surface area contributed by atoms with Crippen LogP contribution in [0.5, 0.6) is 5.75 Å². The van der Waals surface area contributed by atoms with Crippen molar-refractivity contribution in [1.82, 2.24) is 0 Å². The van der Waals surface area contributed by atoms with Gasteiger partial charge in [0.2, 0.25) is 0 Å². The molecule has 26 heavy (non-hydrogen) atoms. The summed E-state index contributed by atoms with van der Waals surface area (Å²) in [5.41, 5.74) is 5.67. The van der Waals surface area contributed by atoms with E-state index in [1.807, 2.05) is 39.8 Å². The summed E-state index contributed by atoms with van der Waals surface area (Å²) in [5.74, 6) is 0.577. The lowest BCUT2D eigenvalue weighted by atomic mass is 9.89. The SMILES string of the molecule is C=C(/C(=C/CO)C(O)CC/C(=C/c1cc(C)c(O)c(C)c1)CC)C(C)C. The lowest BCUT2D eigenvalue weighted by molar-refractivity contribution is 0.199. The van der Waals surface area contributed by atoms with Crippen LogP contribution in [0.4, 0.5) is 0 Å². The number of benzene rings is 1. The first-order chi connectivity index (χ1) is 12.2. The van der Waals surface area contributed by atoms with Crippen LogP contribution >= 0.6 is 0 Å². The molecule has 0 spiro atoms. The zero-order valence-electron chi connectivity index (χ0n) is 16.8. The third kappa shape index (κ3) is 6.15. The van der Waals surface area contributed by atoms with E-state index in [0.717, 1.165) is 40.7 Å². The minimum Gasteiger partial charge on any atom is -0.507 e. The van der Waals surface area contributed by atoms with Gasteiger partial charge in [0, 0.05) is 0 Å². The van der Waals surface area contributed by atoms with Crippen LogP contribution in [-0.2, 0) is 0 Å². The fourth-order valence-corrected chi connectivity index (χ4v) is 3.05. The number of hydrogen-bond acceptors (Lipinski definition) is 3. The van der Waals surface area contributed by atoms with Gasteiger partial charge in [0.1, 0.15) is 5.75 Å². The van der Waals surface area contributed by atoms with Gasteiger partial charge in [0.05, 0.1) is 12.7 Å². The van der Waals surface area contributed by atoms with Crippen molar-refractivity contribution < 1.29 is 15.3 Å². The van der Waals surface area contributed by atoms with Gasteiger partial charge in [0.15, 0.2) is 0 Å². The van der Waals surface area contributed by atoms with E-state index in [1.165, 1.54) is 5.57 Å². The lowest BCUT2D eigenvalue weighted by Crippen LogP contribution is -2.15. The van der Waals surface area contributed by atoms with Crippen molar-refractivity contribution in [3.05, 3.63) is 58.2 Å². The van der Waals surface area contributed by atoms with Crippen LogP contribution in [0.25, 0.3) is 6.08 Å². The molecule has 0 amide bonds. The highest BCUT2D eigenvalue weighted by Gasteiger charge is 2.16. The molecule has 1 aromatic carbocycles. The molecule has 144 valence electrons. The van der Waals surface area contributed by atoms with Gasteiger partial charge in [-0.05, 0) is 79.0 Å². The van der Waals surface area contributed by atoms with Gasteiger partial charge in [-0.15, -0.1) is 0 Å². The van der Waals surface area contributed by atoms with Crippen LogP contribution < -0.4 is 0 Å². The second-order valence-electron chi connectivity index (χ2n) is 7.24. The highest BCUT2D eigenvalue weighted by Crippen LogP contribution is 2.27. The summed E-state index contributed by atoms with van der Waals surface area (Å²) < 4.78 is 0. The van der Waals surface area contributed by atoms with E-state index in [2.05, 4.69) is 19.6 Å². The third-order valence-corrected chi connectivity index (χ3v) is 4.82. The molecule has 3 heteroatoms. The molecule has 3 N–H and O–H groups in total. The van der Waals surface area contributed by atoms with Gasteiger partial charge in [-0.2, -0.15) is 0 Å². The van der Waals surface area contributed by atoms with Gasteiger partial charge in [-0.3, -0.25) is 0 Å². The van der Waals surface area contributed by atoms with Gasteiger partial charge in [0.25, 0.3) is 0 Å². The molecule has 0 bridgehead atoms. The van der Waals surface area contributed by atoms with Crippen LogP contribution in [-0.4, -0.2) is 28.0 Å². The van der Waals surface area contributed by atoms with E-state index in [-0.39, 0.29) is 12.5 Å². The Kier molecular flexibility index (Phi) is 8.83. The van der Waals surface area contributed by atoms with Crippen LogP contribution in [0, 0.1) is 19.8 Å². The maximum Gasteiger partial charge on any atom is 0.121 e. The van der Waals surface area contributed by atoms with Crippen molar-refractivity contribution >= 4 is 6.08 Å². The van der Waals surface area contributed by atoms with Crippen LogP contribution in [0.1, 0.15) is 56.7 Å². The van der Waals surface area contributed by atoms with Crippen molar-refractivity contribution in [2.45, 2.75) is 60.0 Å². The van der Waals surface area contributed by atoms with Gasteiger partial charge >= 0.3 is 0 Å². The smallest absolute Gasteiger partial charge is 0.121 e. The minimum atomic E-state index is -0.629. The molecule has 0 saturated carbocycles. The Labute approximate surface area is 158 Å². The maximum absolute atomic E-state index is 10.6. The molecular weight excluding hydrogens is 324 g/mol. The summed E-state index contributed by atoms with van der Waals surface area (Å²) in [4.78, 5) is 0. The summed E-state index contributed by atoms with van der Waals surface area (Å²) >= 11 is 0. The molecule has 0 radical (unpaired) electrons. The number of aromatic hydroxyl groups is 1. The van der Waals surface area contributed by atoms with E-state index in [4.69, 9.17) is 0 Å². The first-order valence-corrected chi connectivity index (χ1v) is 9.39. The third-order valence-electron chi connectivity index (χ3n) is 4.82. The Balaban J connectivity index is 2.91. The molecule has 0 aromatic heterocycles. The summed E-state index contributed by atoms with van der Waals surface area (Å²) in [6.07, 6.45) is 5.43. The molecule has 1 atom stereocenters. The van der Waals surface area contributed by atoms with Crippen LogP contribution in [0.2, 0.25) is 0 Å². The molecule has 0 saturated heterocycles. The number of aliphatic hydroxyl groups excluding tert-OH is 2. The molecule has 1 aromatic rings. The zero-order valence-corrected chi connectivity index (χ0v) is 16.8. The molecule has 3 nitrogen and oxygen atoms in total. The molecule has 0 heterocycles. The predicted molar refractivity (Wildman–Crippen MR) is 110 cm³/mol. The summed E-state index contributed by atoms with van der Waals surface area (Å²) in [7, 11) is 0. The number of aliphatic hydroxyl groups is 2. The van der Waals surface area contributed by atoms with E-state index in [1.54, 1.807) is 6.08 Å². The average Bonchev–Trinajstić information content (AvgIpc) is 2.59. The monoisotopic (exact) mass is 358 g/mol. The van der Waals surface area contributed by atoms with Crippen molar-refractivity contribution in [3.63, 3.8) is 0 Å². The number of allylic oxidation sites excluding steroid dienone is 1. The first kappa shape index (κ1) is 22.2. The van der Waals surface area contributed by atoms with Crippen molar-refractivity contribution in [2.75, 3.05) is 6.61 Å². The van der Waals surface area contributed by atoms with E-state index in [9.17, 15) is 15.3 Å². The topological polar surface area (TPSA) is 60.7 Å². The summed E-state index contributed by atoms with van der Waals surface area (Å²) in [6, 6.07) is 3.96. The number of phenols is 1. The second kappa shape index (κ2) is 10.3. The van der Waals surface area contributed by atoms with E-state index < -0.39 is 6.10 Å². The standard InChI is InChI=1S/C23H34O3/c1-7-19(14-20-12-16(4)23(26)17(5)13-20)8-9-22(25)21(10-11-24)18(6)15(2)3/h10,12-15,22,24-26H,6-9,11H2,1-5H3/b19-14+,21-10-. The molecule has 0 aliphatic carbocycles. The fourth-order valence-electron chi connectivity index (χ4n) is 3.05. The molecule has 1 rings (SSSR count). The zero-order chi connectivity index (χ0) is 19.9.